The lowest BCUT2D eigenvalue weighted by Crippen LogP contribution is -2.48. The molecule has 1 aliphatic carbocycles. The predicted molar refractivity (Wildman–Crippen MR) is 86.9 cm³/mol. The van der Waals surface area contributed by atoms with Crippen molar-refractivity contribution in [2.45, 2.75) is 45.2 Å². The molecule has 1 fully saturated rings. The van der Waals surface area contributed by atoms with E-state index < -0.39 is 11.4 Å². The second kappa shape index (κ2) is 6.32. The SMILES string of the molecule is CCC(CNC(=O)C1(C(=O)O)CC1)N1CCc2ccccc2C1. The van der Waals surface area contributed by atoms with Gasteiger partial charge in [-0.2, -0.15) is 0 Å². The van der Waals surface area contributed by atoms with Gasteiger partial charge in [0, 0.05) is 25.7 Å². The Labute approximate surface area is 136 Å². The van der Waals surface area contributed by atoms with Crippen LogP contribution < -0.4 is 5.32 Å². The standard InChI is InChI=1S/C18H24N2O3/c1-2-15(11-19-16(21)18(8-9-18)17(22)23)20-10-7-13-5-3-4-6-14(13)12-20/h3-6,15H,2,7-12H2,1H3,(H,19,21)(H,22,23). The Hall–Kier alpha value is -1.88. The summed E-state index contributed by atoms with van der Waals surface area (Å²) in [7, 11) is 0. The molecule has 2 aliphatic rings. The van der Waals surface area contributed by atoms with Gasteiger partial charge in [0.1, 0.15) is 5.41 Å². The lowest BCUT2D eigenvalue weighted by Gasteiger charge is -2.35. The molecule has 1 saturated carbocycles. The van der Waals surface area contributed by atoms with Crippen molar-refractivity contribution in [1.29, 1.82) is 0 Å². The summed E-state index contributed by atoms with van der Waals surface area (Å²) in [6, 6.07) is 8.73. The van der Waals surface area contributed by atoms with E-state index in [1.807, 2.05) is 0 Å². The molecule has 1 atom stereocenters. The third kappa shape index (κ3) is 3.11. The van der Waals surface area contributed by atoms with Crippen LogP contribution in [0.3, 0.4) is 0 Å². The highest BCUT2D eigenvalue weighted by Crippen LogP contribution is 2.46. The Balaban J connectivity index is 1.59. The lowest BCUT2D eigenvalue weighted by molar-refractivity contribution is -0.149. The molecule has 1 amide bonds. The molecule has 23 heavy (non-hydrogen) atoms. The van der Waals surface area contributed by atoms with Gasteiger partial charge in [0.05, 0.1) is 0 Å². The number of carboxylic acids is 1. The van der Waals surface area contributed by atoms with Crippen LogP contribution in [0.25, 0.3) is 0 Å². The molecular weight excluding hydrogens is 292 g/mol. The summed E-state index contributed by atoms with van der Waals surface area (Å²) in [5, 5.41) is 12.1. The molecule has 2 N–H and O–H groups in total. The van der Waals surface area contributed by atoms with Crippen molar-refractivity contribution < 1.29 is 14.7 Å². The third-order valence-electron chi connectivity index (χ3n) is 5.24. The molecule has 1 unspecified atom stereocenters. The van der Waals surface area contributed by atoms with E-state index in [9.17, 15) is 14.7 Å². The summed E-state index contributed by atoms with van der Waals surface area (Å²) in [4.78, 5) is 25.8. The number of aliphatic carboxylic acids is 1. The van der Waals surface area contributed by atoms with Crippen LogP contribution >= 0.6 is 0 Å². The summed E-state index contributed by atoms with van der Waals surface area (Å²) in [5.41, 5.74) is 1.62. The molecule has 0 radical (unpaired) electrons. The zero-order valence-corrected chi connectivity index (χ0v) is 13.5. The molecule has 1 aromatic carbocycles. The molecule has 0 saturated heterocycles. The molecule has 0 aromatic heterocycles. The number of rotatable bonds is 6. The van der Waals surface area contributed by atoms with Gasteiger partial charge in [-0.05, 0) is 36.8 Å². The van der Waals surface area contributed by atoms with Gasteiger partial charge in [0.2, 0.25) is 5.91 Å². The molecule has 5 heteroatoms. The molecular formula is C18H24N2O3. The first-order chi connectivity index (χ1) is 11.1. The largest absolute Gasteiger partial charge is 0.480 e. The Kier molecular flexibility index (Phi) is 4.39. The monoisotopic (exact) mass is 316 g/mol. The Morgan fingerprint density at radius 2 is 2.00 bits per heavy atom. The predicted octanol–water partition coefficient (Wildman–Crippen LogP) is 1.80. The first kappa shape index (κ1) is 16.0. The molecule has 124 valence electrons. The average molecular weight is 316 g/mol. The zero-order chi connectivity index (χ0) is 16.4. The Morgan fingerprint density at radius 3 is 2.61 bits per heavy atom. The van der Waals surface area contributed by atoms with E-state index in [4.69, 9.17) is 0 Å². The first-order valence-electron chi connectivity index (χ1n) is 8.39. The van der Waals surface area contributed by atoms with E-state index in [1.165, 1.54) is 11.1 Å². The number of nitrogens with one attached hydrogen (secondary N) is 1. The third-order valence-corrected chi connectivity index (χ3v) is 5.24. The highest BCUT2D eigenvalue weighted by atomic mass is 16.4. The molecule has 1 aliphatic heterocycles. The fourth-order valence-corrected chi connectivity index (χ4v) is 3.40. The van der Waals surface area contributed by atoms with Gasteiger partial charge in [-0.25, -0.2) is 0 Å². The van der Waals surface area contributed by atoms with Crippen LogP contribution in [0, 0.1) is 5.41 Å². The topological polar surface area (TPSA) is 69.6 Å². The van der Waals surface area contributed by atoms with E-state index in [2.05, 4.69) is 41.4 Å². The van der Waals surface area contributed by atoms with Crippen LogP contribution in [0.2, 0.25) is 0 Å². The zero-order valence-electron chi connectivity index (χ0n) is 13.5. The number of nitrogens with zero attached hydrogens (tertiary/aromatic N) is 1. The van der Waals surface area contributed by atoms with Crippen LogP contribution in [-0.2, 0) is 22.6 Å². The van der Waals surface area contributed by atoms with Crippen LogP contribution in [0.1, 0.15) is 37.3 Å². The molecule has 1 heterocycles. The van der Waals surface area contributed by atoms with Crippen LogP contribution in [-0.4, -0.2) is 41.0 Å². The summed E-state index contributed by atoms with van der Waals surface area (Å²) in [5.74, 6) is -1.31. The van der Waals surface area contributed by atoms with Gasteiger partial charge in [-0.1, -0.05) is 31.2 Å². The van der Waals surface area contributed by atoms with Gasteiger partial charge in [-0.3, -0.25) is 14.5 Å². The number of carbonyl (C=O) groups is 2. The summed E-state index contributed by atoms with van der Waals surface area (Å²) >= 11 is 0. The number of carbonyl (C=O) groups excluding carboxylic acids is 1. The molecule has 0 bridgehead atoms. The number of amides is 1. The fourth-order valence-electron chi connectivity index (χ4n) is 3.40. The van der Waals surface area contributed by atoms with Crippen molar-refractivity contribution in [3.05, 3.63) is 35.4 Å². The van der Waals surface area contributed by atoms with Crippen molar-refractivity contribution in [1.82, 2.24) is 10.2 Å². The fraction of sp³-hybridized carbons (Fsp3) is 0.556. The second-order valence-electron chi connectivity index (χ2n) is 6.65. The van der Waals surface area contributed by atoms with Crippen LogP contribution in [0.15, 0.2) is 24.3 Å². The number of hydrogen-bond donors (Lipinski definition) is 2. The van der Waals surface area contributed by atoms with E-state index >= 15 is 0 Å². The van der Waals surface area contributed by atoms with E-state index in [0.29, 0.717) is 19.4 Å². The molecule has 0 spiro atoms. The van der Waals surface area contributed by atoms with Crippen LogP contribution in [0.5, 0.6) is 0 Å². The van der Waals surface area contributed by atoms with Crippen molar-refractivity contribution in [2.75, 3.05) is 13.1 Å². The number of benzene rings is 1. The number of carboxylic acid groups (broad SMARTS) is 1. The first-order valence-corrected chi connectivity index (χ1v) is 8.39. The van der Waals surface area contributed by atoms with Gasteiger partial charge in [-0.15, -0.1) is 0 Å². The van der Waals surface area contributed by atoms with Crippen molar-refractivity contribution >= 4 is 11.9 Å². The minimum Gasteiger partial charge on any atom is -0.480 e. The van der Waals surface area contributed by atoms with Gasteiger partial charge in [0.15, 0.2) is 0 Å². The summed E-state index contributed by atoms with van der Waals surface area (Å²) in [6.45, 7) is 4.51. The van der Waals surface area contributed by atoms with Crippen LogP contribution in [0.4, 0.5) is 0 Å². The number of hydrogen-bond acceptors (Lipinski definition) is 3. The maximum absolute atomic E-state index is 12.2. The maximum Gasteiger partial charge on any atom is 0.319 e. The smallest absolute Gasteiger partial charge is 0.319 e. The quantitative estimate of drug-likeness (QED) is 0.785. The average Bonchev–Trinajstić information content (AvgIpc) is 3.37. The minimum atomic E-state index is -1.15. The van der Waals surface area contributed by atoms with Crippen molar-refractivity contribution in [2.24, 2.45) is 5.41 Å². The second-order valence-corrected chi connectivity index (χ2v) is 6.65. The van der Waals surface area contributed by atoms with Crippen molar-refractivity contribution in [3.63, 3.8) is 0 Å². The molecule has 1 aromatic rings. The molecule has 5 nitrogen and oxygen atoms in total. The van der Waals surface area contributed by atoms with Gasteiger partial charge >= 0.3 is 5.97 Å². The Morgan fingerprint density at radius 1 is 1.30 bits per heavy atom. The van der Waals surface area contributed by atoms with Gasteiger partial charge < -0.3 is 10.4 Å². The maximum atomic E-state index is 12.2. The number of fused-ring (bicyclic) bond motifs is 1. The van der Waals surface area contributed by atoms with E-state index in [0.717, 1.165) is 25.9 Å². The van der Waals surface area contributed by atoms with E-state index in [1.54, 1.807) is 0 Å². The van der Waals surface area contributed by atoms with E-state index in [-0.39, 0.29) is 11.9 Å². The highest BCUT2D eigenvalue weighted by Gasteiger charge is 2.57. The van der Waals surface area contributed by atoms with Crippen molar-refractivity contribution in [3.8, 4) is 0 Å². The highest BCUT2D eigenvalue weighted by molar-refractivity contribution is 6.04. The lowest BCUT2D eigenvalue weighted by atomic mass is 9.98. The summed E-state index contributed by atoms with van der Waals surface area (Å²) in [6.07, 6.45) is 2.88. The Bertz CT molecular complexity index is 610. The normalized spacial score (nSPS) is 20.4. The molecule has 3 rings (SSSR count). The summed E-state index contributed by atoms with van der Waals surface area (Å²) < 4.78 is 0. The van der Waals surface area contributed by atoms with Gasteiger partial charge in [0.25, 0.3) is 0 Å². The minimum absolute atomic E-state index is 0.247.